The fraction of sp³-hybridized carbons (Fsp3) is 0.545. The van der Waals surface area contributed by atoms with E-state index in [9.17, 15) is 4.39 Å². The van der Waals surface area contributed by atoms with E-state index in [0.29, 0.717) is 5.92 Å². The van der Waals surface area contributed by atoms with Gasteiger partial charge in [-0.3, -0.25) is 4.98 Å². The highest BCUT2D eigenvalue weighted by molar-refractivity contribution is 7.93. The van der Waals surface area contributed by atoms with Crippen molar-refractivity contribution in [3.05, 3.63) is 29.3 Å². The summed E-state index contributed by atoms with van der Waals surface area (Å²) in [7, 11) is 0. The number of nitrogens with zero attached hydrogens (tertiary/aromatic N) is 1. The number of aromatic nitrogens is 1. The van der Waals surface area contributed by atoms with E-state index < -0.39 is 0 Å². The fourth-order valence-electron chi connectivity index (χ4n) is 1.59. The maximum absolute atomic E-state index is 13.4. The van der Waals surface area contributed by atoms with Gasteiger partial charge in [-0.25, -0.2) is 4.39 Å². The van der Waals surface area contributed by atoms with Crippen LogP contribution in [0, 0.1) is 5.82 Å². The van der Waals surface area contributed by atoms with E-state index in [2.05, 4.69) is 4.98 Å². The zero-order valence-electron chi connectivity index (χ0n) is 8.87. The predicted octanol–water partition coefficient (Wildman–Crippen LogP) is 3.45. The molecule has 1 atom stereocenters. The molecule has 0 bridgehead atoms. The van der Waals surface area contributed by atoms with Crippen LogP contribution in [0.2, 0.25) is 0 Å². The minimum absolute atomic E-state index is 0.0851. The Labute approximate surface area is 93.4 Å². The molecule has 1 fully saturated rings. The summed E-state index contributed by atoms with van der Waals surface area (Å²) in [6.07, 6.45) is 5.28. The van der Waals surface area contributed by atoms with Gasteiger partial charge in [0.2, 0.25) is 0 Å². The van der Waals surface area contributed by atoms with E-state index in [4.69, 9.17) is 4.18 Å². The molecule has 1 heterocycles. The lowest BCUT2D eigenvalue weighted by molar-refractivity contribution is 0.267. The van der Waals surface area contributed by atoms with Gasteiger partial charge in [0.15, 0.2) is 0 Å². The molecule has 0 amide bonds. The van der Waals surface area contributed by atoms with E-state index in [-0.39, 0.29) is 11.9 Å². The average Bonchev–Trinajstić information content (AvgIpc) is 3.02. The molecule has 0 aliphatic heterocycles. The van der Waals surface area contributed by atoms with E-state index in [0.717, 1.165) is 24.1 Å². The van der Waals surface area contributed by atoms with Gasteiger partial charge in [0.05, 0.1) is 11.9 Å². The van der Waals surface area contributed by atoms with Crippen molar-refractivity contribution in [1.29, 1.82) is 0 Å². The number of hydrogen-bond donors (Lipinski definition) is 0. The minimum atomic E-state index is -0.183. The summed E-state index contributed by atoms with van der Waals surface area (Å²) < 4.78 is 18.8. The summed E-state index contributed by atoms with van der Waals surface area (Å²) >= 11 is 1.30. The summed E-state index contributed by atoms with van der Waals surface area (Å²) in [4.78, 5) is 4.05. The quantitative estimate of drug-likeness (QED) is 0.735. The smallest absolute Gasteiger partial charge is 0.144 e. The molecule has 1 unspecified atom stereocenters. The standard InChI is InChI=1S/C11H14FNOS/c1-7(14-15-2)11-5-9(8-3-4-8)10(12)6-13-11/h5-8H,3-4H2,1-2H3. The van der Waals surface area contributed by atoms with Gasteiger partial charge in [-0.2, -0.15) is 0 Å². The average molecular weight is 227 g/mol. The molecule has 1 aromatic heterocycles. The summed E-state index contributed by atoms with van der Waals surface area (Å²) in [5.41, 5.74) is 1.62. The lowest BCUT2D eigenvalue weighted by atomic mass is 10.1. The van der Waals surface area contributed by atoms with Crippen LogP contribution in [0.4, 0.5) is 4.39 Å². The lowest BCUT2D eigenvalue weighted by Gasteiger charge is -2.11. The maximum atomic E-state index is 13.4. The van der Waals surface area contributed by atoms with Crippen LogP contribution in [-0.2, 0) is 4.18 Å². The van der Waals surface area contributed by atoms with Crippen LogP contribution >= 0.6 is 12.0 Å². The molecule has 0 radical (unpaired) electrons. The number of pyridine rings is 1. The molecule has 1 saturated carbocycles. The first-order chi connectivity index (χ1) is 7.22. The highest BCUT2D eigenvalue weighted by Crippen LogP contribution is 2.41. The Morgan fingerprint density at radius 2 is 2.33 bits per heavy atom. The normalized spacial score (nSPS) is 17.8. The van der Waals surface area contributed by atoms with Crippen molar-refractivity contribution in [1.82, 2.24) is 4.98 Å². The summed E-state index contributed by atoms with van der Waals surface area (Å²) in [5.74, 6) is 0.228. The first-order valence-electron chi connectivity index (χ1n) is 5.07. The molecular weight excluding hydrogens is 213 g/mol. The van der Waals surface area contributed by atoms with Gasteiger partial charge in [0, 0.05) is 6.26 Å². The molecule has 82 valence electrons. The zero-order valence-corrected chi connectivity index (χ0v) is 9.68. The molecule has 1 aromatic rings. The molecule has 0 spiro atoms. The summed E-state index contributed by atoms with van der Waals surface area (Å²) in [6, 6.07) is 1.84. The third kappa shape index (κ3) is 2.49. The molecule has 2 rings (SSSR count). The summed E-state index contributed by atoms with van der Waals surface area (Å²) in [6.45, 7) is 1.92. The van der Waals surface area contributed by atoms with Crippen LogP contribution in [0.5, 0.6) is 0 Å². The van der Waals surface area contributed by atoms with E-state index in [1.807, 2.05) is 19.2 Å². The van der Waals surface area contributed by atoms with Crippen molar-refractivity contribution >= 4 is 12.0 Å². The highest BCUT2D eigenvalue weighted by Gasteiger charge is 2.27. The number of hydrogen-bond acceptors (Lipinski definition) is 3. The second-order valence-corrected chi connectivity index (χ2v) is 4.34. The number of rotatable bonds is 4. The molecule has 0 N–H and O–H groups in total. The Hall–Kier alpha value is -0.610. The Morgan fingerprint density at radius 3 is 2.93 bits per heavy atom. The predicted molar refractivity (Wildman–Crippen MR) is 59.2 cm³/mol. The van der Waals surface area contributed by atoms with Crippen molar-refractivity contribution in [2.75, 3.05) is 6.26 Å². The highest BCUT2D eigenvalue weighted by atomic mass is 32.2. The molecule has 15 heavy (non-hydrogen) atoms. The van der Waals surface area contributed by atoms with Crippen LogP contribution < -0.4 is 0 Å². The van der Waals surface area contributed by atoms with Crippen molar-refractivity contribution < 1.29 is 8.57 Å². The second-order valence-electron chi connectivity index (χ2n) is 3.81. The SMILES string of the molecule is CSOC(C)c1cc(C2CC2)c(F)cn1. The molecule has 0 saturated heterocycles. The minimum Gasteiger partial charge on any atom is -0.306 e. The molecular formula is C11H14FNOS. The summed E-state index contributed by atoms with van der Waals surface area (Å²) in [5, 5.41) is 0. The molecule has 1 aliphatic carbocycles. The van der Waals surface area contributed by atoms with Crippen molar-refractivity contribution in [2.45, 2.75) is 31.8 Å². The lowest BCUT2D eigenvalue weighted by Crippen LogP contribution is -2.01. The topological polar surface area (TPSA) is 22.1 Å². The van der Waals surface area contributed by atoms with Crippen LogP contribution in [0.15, 0.2) is 12.3 Å². The molecule has 2 nitrogen and oxygen atoms in total. The van der Waals surface area contributed by atoms with Crippen molar-refractivity contribution in [3.8, 4) is 0 Å². The Bertz CT molecular complexity index is 354. The third-order valence-electron chi connectivity index (χ3n) is 2.58. The third-order valence-corrected chi connectivity index (χ3v) is 3.06. The first kappa shape index (κ1) is 10.9. The van der Waals surface area contributed by atoms with Gasteiger partial charge >= 0.3 is 0 Å². The second kappa shape index (κ2) is 4.49. The van der Waals surface area contributed by atoms with Crippen LogP contribution in [0.1, 0.15) is 43.0 Å². The molecule has 0 aromatic carbocycles. The van der Waals surface area contributed by atoms with Crippen molar-refractivity contribution in [2.24, 2.45) is 0 Å². The monoisotopic (exact) mass is 227 g/mol. The Kier molecular flexibility index (Phi) is 3.26. The maximum Gasteiger partial charge on any atom is 0.144 e. The molecule has 1 aliphatic rings. The Balaban J connectivity index is 2.21. The van der Waals surface area contributed by atoms with E-state index in [1.54, 1.807) is 0 Å². The van der Waals surface area contributed by atoms with Crippen LogP contribution in [0.25, 0.3) is 0 Å². The fourth-order valence-corrected chi connectivity index (χ4v) is 1.98. The van der Waals surface area contributed by atoms with Crippen molar-refractivity contribution in [3.63, 3.8) is 0 Å². The van der Waals surface area contributed by atoms with Gasteiger partial charge in [0.25, 0.3) is 0 Å². The Morgan fingerprint density at radius 1 is 1.60 bits per heavy atom. The van der Waals surface area contributed by atoms with Crippen LogP contribution in [-0.4, -0.2) is 11.2 Å². The first-order valence-corrected chi connectivity index (χ1v) is 6.22. The number of halogens is 1. The largest absolute Gasteiger partial charge is 0.306 e. The van der Waals surface area contributed by atoms with Gasteiger partial charge in [-0.1, -0.05) is 0 Å². The zero-order chi connectivity index (χ0) is 10.8. The molecule has 4 heteroatoms. The van der Waals surface area contributed by atoms with Gasteiger partial charge in [-0.15, -0.1) is 0 Å². The van der Waals surface area contributed by atoms with Crippen LogP contribution in [0.3, 0.4) is 0 Å². The van der Waals surface area contributed by atoms with E-state index >= 15 is 0 Å². The van der Waals surface area contributed by atoms with Gasteiger partial charge in [-0.05, 0) is 49.4 Å². The van der Waals surface area contributed by atoms with Gasteiger partial charge < -0.3 is 4.18 Å². The van der Waals surface area contributed by atoms with Gasteiger partial charge in [0.1, 0.15) is 11.9 Å². The van der Waals surface area contributed by atoms with E-state index in [1.165, 1.54) is 18.2 Å².